The van der Waals surface area contributed by atoms with Crippen LogP contribution in [-0.4, -0.2) is 27.5 Å². The normalized spacial score (nSPS) is 12.4. The Balaban J connectivity index is 1.85. The molecular weight excluding hydrogens is 318 g/mol. The second kappa shape index (κ2) is 6.22. The van der Waals surface area contributed by atoms with Gasteiger partial charge in [-0.15, -0.1) is 0 Å². The third kappa shape index (κ3) is 3.73. The molecule has 0 bridgehead atoms. The maximum atomic E-state index is 9.84. The van der Waals surface area contributed by atoms with E-state index >= 15 is 0 Å². The van der Waals surface area contributed by atoms with Crippen molar-refractivity contribution in [1.29, 1.82) is 0 Å². The number of anilines is 1. The highest BCUT2D eigenvalue weighted by Gasteiger charge is 2.06. The number of rotatable bonds is 5. The Labute approximate surface area is 119 Å². The van der Waals surface area contributed by atoms with Gasteiger partial charge in [-0.05, 0) is 40.2 Å². The van der Waals surface area contributed by atoms with Gasteiger partial charge in [0.05, 0.1) is 17.7 Å². The van der Waals surface area contributed by atoms with Gasteiger partial charge in [-0.2, -0.15) is 5.10 Å². The highest BCUT2D eigenvalue weighted by atomic mass is 79.9. The molecule has 18 heavy (non-hydrogen) atoms. The molecule has 0 radical (unpaired) electrons. The fourth-order valence-corrected chi connectivity index (χ4v) is 1.96. The smallest absolute Gasteiger partial charge is 0.0907 e. The van der Waals surface area contributed by atoms with Gasteiger partial charge in [0.25, 0.3) is 0 Å². The lowest BCUT2D eigenvalue weighted by molar-refractivity contribution is 0.161. The molecule has 96 valence electrons. The quantitative estimate of drug-likeness (QED) is 0.886. The summed E-state index contributed by atoms with van der Waals surface area (Å²) in [5.74, 6) is 0. The van der Waals surface area contributed by atoms with Crippen LogP contribution in [0.25, 0.3) is 0 Å². The van der Waals surface area contributed by atoms with E-state index in [-0.39, 0.29) is 0 Å². The lowest BCUT2D eigenvalue weighted by Crippen LogP contribution is -2.25. The summed E-state index contributed by atoms with van der Waals surface area (Å²) < 4.78 is 2.55. The third-order valence-corrected chi connectivity index (χ3v) is 3.65. The van der Waals surface area contributed by atoms with Gasteiger partial charge in [0, 0.05) is 29.1 Å². The van der Waals surface area contributed by atoms with Gasteiger partial charge in [0.2, 0.25) is 0 Å². The van der Waals surface area contributed by atoms with Crippen LogP contribution in [0.3, 0.4) is 0 Å². The SMILES string of the molecule is OC(CNc1ccc(Br)c(Cl)c1)Cn1cccn1. The van der Waals surface area contributed by atoms with Crippen molar-refractivity contribution in [3.8, 4) is 0 Å². The Morgan fingerprint density at radius 1 is 1.50 bits per heavy atom. The zero-order valence-corrected chi connectivity index (χ0v) is 11.9. The van der Waals surface area contributed by atoms with Crippen LogP contribution >= 0.6 is 27.5 Å². The Hall–Kier alpha value is -1.04. The summed E-state index contributed by atoms with van der Waals surface area (Å²) in [6, 6.07) is 7.40. The zero-order valence-electron chi connectivity index (χ0n) is 9.55. The van der Waals surface area contributed by atoms with E-state index < -0.39 is 6.10 Å². The molecule has 2 N–H and O–H groups in total. The summed E-state index contributed by atoms with van der Waals surface area (Å²) in [5.41, 5.74) is 0.878. The molecule has 2 rings (SSSR count). The first-order valence-corrected chi connectivity index (χ1v) is 6.66. The predicted octanol–water partition coefficient (Wildman–Crippen LogP) is 2.77. The fraction of sp³-hybridized carbons (Fsp3) is 0.250. The van der Waals surface area contributed by atoms with Crippen molar-refractivity contribution in [1.82, 2.24) is 9.78 Å². The topological polar surface area (TPSA) is 50.1 Å². The minimum Gasteiger partial charge on any atom is -0.389 e. The molecule has 1 unspecified atom stereocenters. The molecule has 0 amide bonds. The Morgan fingerprint density at radius 2 is 2.33 bits per heavy atom. The number of aliphatic hydroxyl groups is 1. The zero-order chi connectivity index (χ0) is 13.0. The first-order chi connectivity index (χ1) is 8.65. The van der Waals surface area contributed by atoms with E-state index in [1.807, 2.05) is 30.5 Å². The number of aliphatic hydroxyl groups excluding tert-OH is 1. The van der Waals surface area contributed by atoms with Crippen molar-refractivity contribution in [2.45, 2.75) is 12.6 Å². The predicted molar refractivity (Wildman–Crippen MR) is 75.9 cm³/mol. The molecule has 0 fully saturated rings. The summed E-state index contributed by atoms with van der Waals surface area (Å²) >= 11 is 9.31. The van der Waals surface area contributed by atoms with Gasteiger partial charge in [-0.25, -0.2) is 0 Å². The second-order valence-corrected chi connectivity index (χ2v) is 5.15. The molecule has 0 saturated heterocycles. The molecule has 1 aromatic carbocycles. The summed E-state index contributed by atoms with van der Waals surface area (Å²) in [5, 5.41) is 17.6. The van der Waals surface area contributed by atoms with Gasteiger partial charge >= 0.3 is 0 Å². The van der Waals surface area contributed by atoms with E-state index in [0.717, 1.165) is 10.2 Å². The summed E-state index contributed by atoms with van der Waals surface area (Å²) in [6.45, 7) is 0.905. The van der Waals surface area contributed by atoms with E-state index in [1.54, 1.807) is 10.9 Å². The minimum atomic E-state index is -0.507. The van der Waals surface area contributed by atoms with Gasteiger partial charge in [0.15, 0.2) is 0 Å². The molecule has 0 spiro atoms. The van der Waals surface area contributed by atoms with Gasteiger partial charge in [0.1, 0.15) is 0 Å². The molecule has 1 aromatic heterocycles. The highest BCUT2D eigenvalue weighted by Crippen LogP contribution is 2.25. The van der Waals surface area contributed by atoms with Crippen molar-refractivity contribution in [2.75, 3.05) is 11.9 Å². The Bertz CT molecular complexity index is 504. The number of benzene rings is 1. The van der Waals surface area contributed by atoms with Crippen LogP contribution < -0.4 is 5.32 Å². The van der Waals surface area contributed by atoms with Crippen molar-refractivity contribution in [3.05, 3.63) is 46.2 Å². The van der Waals surface area contributed by atoms with E-state index in [9.17, 15) is 5.11 Å². The van der Waals surface area contributed by atoms with Crippen LogP contribution in [0.1, 0.15) is 0 Å². The van der Waals surface area contributed by atoms with E-state index in [1.165, 1.54) is 0 Å². The second-order valence-electron chi connectivity index (χ2n) is 3.89. The molecule has 1 atom stereocenters. The number of nitrogens with zero attached hydrogens (tertiary/aromatic N) is 2. The molecule has 2 aromatic rings. The van der Waals surface area contributed by atoms with Crippen LogP contribution in [-0.2, 0) is 6.54 Å². The van der Waals surface area contributed by atoms with Gasteiger partial charge in [-0.3, -0.25) is 4.68 Å². The average molecular weight is 331 g/mol. The molecule has 0 saturated carbocycles. The van der Waals surface area contributed by atoms with E-state index in [4.69, 9.17) is 11.6 Å². The lowest BCUT2D eigenvalue weighted by Gasteiger charge is -2.13. The lowest BCUT2D eigenvalue weighted by atomic mass is 10.3. The largest absolute Gasteiger partial charge is 0.389 e. The van der Waals surface area contributed by atoms with Gasteiger partial charge < -0.3 is 10.4 Å². The van der Waals surface area contributed by atoms with Crippen LogP contribution in [0.4, 0.5) is 5.69 Å². The third-order valence-electron chi connectivity index (χ3n) is 2.42. The van der Waals surface area contributed by atoms with Gasteiger partial charge in [-0.1, -0.05) is 11.6 Å². The maximum absolute atomic E-state index is 9.84. The van der Waals surface area contributed by atoms with Crippen LogP contribution in [0.15, 0.2) is 41.1 Å². The molecular formula is C12H13BrClN3O. The molecule has 0 aliphatic rings. The Kier molecular flexibility index (Phi) is 4.63. The van der Waals surface area contributed by atoms with Crippen molar-refractivity contribution >= 4 is 33.2 Å². The molecule has 6 heteroatoms. The summed E-state index contributed by atoms with van der Waals surface area (Å²) in [7, 11) is 0. The molecule has 0 aliphatic heterocycles. The maximum Gasteiger partial charge on any atom is 0.0907 e. The summed E-state index contributed by atoms with van der Waals surface area (Å²) in [4.78, 5) is 0. The minimum absolute atomic E-state index is 0.442. The number of aromatic nitrogens is 2. The molecule has 0 aliphatic carbocycles. The van der Waals surface area contributed by atoms with Crippen molar-refractivity contribution in [3.63, 3.8) is 0 Å². The number of halogens is 2. The average Bonchev–Trinajstić information content (AvgIpc) is 2.83. The van der Waals surface area contributed by atoms with Crippen LogP contribution in [0.5, 0.6) is 0 Å². The van der Waals surface area contributed by atoms with E-state index in [0.29, 0.717) is 18.1 Å². The standard InChI is InChI=1S/C12H13BrClN3O/c13-11-3-2-9(6-12(11)14)15-7-10(18)8-17-5-1-4-16-17/h1-6,10,15,18H,7-8H2. The Morgan fingerprint density at radius 3 is 3.00 bits per heavy atom. The number of hydrogen-bond acceptors (Lipinski definition) is 3. The van der Waals surface area contributed by atoms with Crippen LogP contribution in [0.2, 0.25) is 5.02 Å². The first kappa shape index (κ1) is 13.4. The monoisotopic (exact) mass is 329 g/mol. The number of nitrogens with one attached hydrogen (secondary N) is 1. The van der Waals surface area contributed by atoms with E-state index in [2.05, 4.69) is 26.3 Å². The summed E-state index contributed by atoms with van der Waals surface area (Å²) in [6.07, 6.45) is 3.00. The van der Waals surface area contributed by atoms with Crippen molar-refractivity contribution in [2.24, 2.45) is 0 Å². The molecule has 1 heterocycles. The van der Waals surface area contributed by atoms with Crippen LogP contribution in [0, 0.1) is 0 Å². The fourth-order valence-electron chi connectivity index (χ4n) is 1.53. The molecule has 4 nitrogen and oxygen atoms in total. The highest BCUT2D eigenvalue weighted by molar-refractivity contribution is 9.10. The van der Waals surface area contributed by atoms with Crippen molar-refractivity contribution < 1.29 is 5.11 Å². The number of hydrogen-bond donors (Lipinski definition) is 2. The first-order valence-electron chi connectivity index (χ1n) is 5.49.